The Morgan fingerprint density at radius 2 is 1.79 bits per heavy atom. The Bertz CT molecular complexity index is 721. The van der Waals surface area contributed by atoms with E-state index >= 15 is 0 Å². The lowest BCUT2D eigenvalue weighted by Gasteiger charge is -2.37. The lowest BCUT2D eigenvalue weighted by Crippen LogP contribution is -2.50. The highest BCUT2D eigenvalue weighted by Crippen LogP contribution is 2.38. The van der Waals surface area contributed by atoms with Crippen LogP contribution in [0.4, 0.5) is 10.5 Å². The van der Waals surface area contributed by atoms with Crippen molar-refractivity contribution in [1.29, 1.82) is 0 Å². The molecule has 1 aliphatic heterocycles. The summed E-state index contributed by atoms with van der Waals surface area (Å²) >= 11 is 0. The predicted octanol–water partition coefficient (Wildman–Crippen LogP) is 4.47. The number of hydrogen-bond donors (Lipinski definition) is 0. The molecule has 1 aromatic carbocycles. The van der Waals surface area contributed by atoms with Crippen molar-refractivity contribution in [2.75, 3.05) is 25.1 Å². The number of rotatable bonds is 5. The second-order valence-corrected chi connectivity index (χ2v) is 9.25. The van der Waals surface area contributed by atoms with Crippen molar-refractivity contribution in [3.8, 4) is 5.75 Å². The second kappa shape index (κ2) is 8.64. The summed E-state index contributed by atoms with van der Waals surface area (Å²) in [7, 11) is 1.64. The van der Waals surface area contributed by atoms with Crippen LogP contribution in [0.1, 0.15) is 53.4 Å². The van der Waals surface area contributed by atoms with E-state index in [9.17, 15) is 9.59 Å². The number of piperidine rings is 1. The van der Waals surface area contributed by atoms with Gasteiger partial charge in [-0.05, 0) is 83.6 Å². The summed E-state index contributed by atoms with van der Waals surface area (Å²) in [4.78, 5) is 29.7. The summed E-state index contributed by atoms with van der Waals surface area (Å²) in [5, 5.41) is 0. The third-order valence-electron chi connectivity index (χ3n) is 5.72. The molecule has 1 aromatic rings. The van der Waals surface area contributed by atoms with Gasteiger partial charge in [-0.25, -0.2) is 4.79 Å². The molecule has 0 radical (unpaired) electrons. The van der Waals surface area contributed by atoms with Crippen LogP contribution in [-0.2, 0) is 9.53 Å². The van der Waals surface area contributed by atoms with Crippen LogP contribution in [0.5, 0.6) is 5.75 Å². The van der Waals surface area contributed by atoms with Gasteiger partial charge < -0.3 is 19.3 Å². The number of benzene rings is 1. The van der Waals surface area contributed by atoms with Gasteiger partial charge in [-0.3, -0.25) is 4.79 Å². The van der Waals surface area contributed by atoms with Crippen LogP contribution in [0, 0.1) is 11.8 Å². The largest absolute Gasteiger partial charge is 0.497 e. The molecule has 1 saturated carbocycles. The number of anilines is 1. The van der Waals surface area contributed by atoms with Gasteiger partial charge in [-0.1, -0.05) is 0 Å². The molecular weight excluding hydrogens is 368 g/mol. The molecule has 2 atom stereocenters. The first-order valence-electron chi connectivity index (χ1n) is 10.6. The van der Waals surface area contributed by atoms with E-state index < -0.39 is 5.60 Å². The number of nitrogens with zero attached hydrogens (tertiary/aromatic N) is 2. The van der Waals surface area contributed by atoms with Gasteiger partial charge in [0.15, 0.2) is 0 Å². The summed E-state index contributed by atoms with van der Waals surface area (Å²) in [6.07, 6.45) is 3.60. The lowest BCUT2D eigenvalue weighted by molar-refractivity contribution is -0.124. The second-order valence-electron chi connectivity index (χ2n) is 9.25. The van der Waals surface area contributed by atoms with Gasteiger partial charge in [0.05, 0.1) is 13.0 Å². The fourth-order valence-electron chi connectivity index (χ4n) is 3.96. The van der Waals surface area contributed by atoms with E-state index in [0.29, 0.717) is 19.0 Å². The van der Waals surface area contributed by atoms with Gasteiger partial charge >= 0.3 is 6.09 Å². The Hall–Kier alpha value is -2.24. The highest BCUT2D eigenvalue weighted by Gasteiger charge is 2.39. The van der Waals surface area contributed by atoms with E-state index in [-0.39, 0.29) is 24.0 Å². The van der Waals surface area contributed by atoms with E-state index in [4.69, 9.17) is 9.47 Å². The maximum absolute atomic E-state index is 13.6. The Balaban J connectivity index is 1.76. The van der Waals surface area contributed by atoms with E-state index in [2.05, 4.69) is 6.92 Å². The van der Waals surface area contributed by atoms with Crippen molar-refractivity contribution in [2.24, 2.45) is 11.8 Å². The van der Waals surface area contributed by atoms with Crippen molar-refractivity contribution in [3.05, 3.63) is 24.3 Å². The number of carbonyl (C=O) groups excluding carboxylic acids is 2. The van der Waals surface area contributed by atoms with Crippen LogP contribution in [0.3, 0.4) is 0 Å². The van der Waals surface area contributed by atoms with Crippen molar-refractivity contribution < 1.29 is 19.1 Å². The molecule has 0 spiro atoms. The van der Waals surface area contributed by atoms with Gasteiger partial charge in [0.1, 0.15) is 11.4 Å². The molecule has 2 fully saturated rings. The Morgan fingerprint density at radius 1 is 1.14 bits per heavy atom. The zero-order valence-corrected chi connectivity index (χ0v) is 18.3. The van der Waals surface area contributed by atoms with E-state index in [1.54, 1.807) is 12.0 Å². The number of carbonyl (C=O) groups is 2. The number of methoxy groups -OCH3 is 1. The summed E-state index contributed by atoms with van der Waals surface area (Å²) in [6.45, 7) is 8.77. The summed E-state index contributed by atoms with van der Waals surface area (Å²) < 4.78 is 10.8. The minimum atomic E-state index is -0.538. The Labute approximate surface area is 174 Å². The Morgan fingerprint density at radius 3 is 2.34 bits per heavy atom. The maximum atomic E-state index is 13.6. The molecule has 0 N–H and O–H groups in total. The first-order chi connectivity index (χ1) is 13.7. The average Bonchev–Trinajstić information content (AvgIpc) is 3.52. The highest BCUT2D eigenvalue weighted by atomic mass is 16.6. The van der Waals surface area contributed by atoms with E-state index in [0.717, 1.165) is 37.1 Å². The first kappa shape index (κ1) is 21.5. The molecule has 1 aliphatic carbocycles. The quantitative estimate of drug-likeness (QED) is 0.729. The fourth-order valence-corrected chi connectivity index (χ4v) is 3.96. The lowest BCUT2D eigenvalue weighted by atomic mass is 9.95. The van der Waals surface area contributed by atoms with Crippen molar-refractivity contribution in [2.45, 2.75) is 65.0 Å². The van der Waals surface area contributed by atoms with Crippen LogP contribution >= 0.6 is 0 Å². The van der Waals surface area contributed by atoms with Crippen LogP contribution < -0.4 is 9.64 Å². The smallest absolute Gasteiger partial charge is 0.410 e. The molecule has 0 bridgehead atoms. The van der Waals surface area contributed by atoms with E-state index in [1.165, 1.54) is 0 Å². The number of hydrogen-bond acceptors (Lipinski definition) is 4. The van der Waals surface area contributed by atoms with Crippen molar-refractivity contribution >= 4 is 17.7 Å². The highest BCUT2D eigenvalue weighted by molar-refractivity contribution is 5.96. The summed E-state index contributed by atoms with van der Waals surface area (Å²) in [6, 6.07) is 7.83. The fraction of sp³-hybridized carbons (Fsp3) is 0.652. The van der Waals surface area contributed by atoms with Crippen molar-refractivity contribution in [1.82, 2.24) is 4.90 Å². The van der Waals surface area contributed by atoms with Gasteiger partial charge in [0, 0.05) is 24.8 Å². The molecular formula is C23H34N2O4. The molecule has 1 heterocycles. The number of amides is 2. The van der Waals surface area contributed by atoms with Crippen LogP contribution in [0.25, 0.3) is 0 Å². The minimum Gasteiger partial charge on any atom is -0.497 e. The molecule has 2 amide bonds. The molecule has 29 heavy (non-hydrogen) atoms. The normalized spacial score (nSPS) is 20.7. The predicted molar refractivity (Wildman–Crippen MR) is 113 cm³/mol. The zero-order chi connectivity index (χ0) is 21.2. The van der Waals surface area contributed by atoms with Crippen LogP contribution in [0.2, 0.25) is 0 Å². The number of likely N-dealkylation sites (tertiary alicyclic amines) is 1. The summed E-state index contributed by atoms with van der Waals surface area (Å²) in [5.74, 6) is 1.21. The molecule has 0 aromatic heterocycles. The standard InChI is InChI=1S/C23H34N2O4/c1-16(17-8-9-17)25(19-10-12-20(28-5)13-11-19)21(26)18-7-6-14-24(15-18)22(27)29-23(2,3)4/h10-13,16-18H,6-9,14-15H2,1-5H3. The summed E-state index contributed by atoms with van der Waals surface area (Å²) in [5.41, 5.74) is 0.355. The van der Waals surface area contributed by atoms with Gasteiger partial charge in [-0.2, -0.15) is 0 Å². The SMILES string of the molecule is COc1ccc(N(C(=O)C2CCCN(C(=O)OC(C)(C)C)C2)C(C)C2CC2)cc1. The zero-order valence-electron chi connectivity index (χ0n) is 18.3. The molecule has 3 rings (SSSR count). The molecule has 6 heteroatoms. The number of ether oxygens (including phenoxy) is 2. The first-order valence-corrected chi connectivity index (χ1v) is 10.6. The third kappa shape index (κ3) is 5.43. The molecule has 2 aliphatic rings. The van der Waals surface area contributed by atoms with Gasteiger partial charge in [0.2, 0.25) is 5.91 Å². The molecule has 2 unspecified atom stereocenters. The van der Waals surface area contributed by atoms with Gasteiger partial charge in [-0.15, -0.1) is 0 Å². The van der Waals surface area contributed by atoms with E-state index in [1.807, 2.05) is 49.9 Å². The molecule has 1 saturated heterocycles. The maximum Gasteiger partial charge on any atom is 0.410 e. The third-order valence-corrected chi connectivity index (χ3v) is 5.72. The van der Waals surface area contributed by atoms with Crippen LogP contribution in [0.15, 0.2) is 24.3 Å². The average molecular weight is 403 g/mol. The van der Waals surface area contributed by atoms with Crippen molar-refractivity contribution in [3.63, 3.8) is 0 Å². The minimum absolute atomic E-state index is 0.0998. The monoisotopic (exact) mass is 402 g/mol. The van der Waals surface area contributed by atoms with Gasteiger partial charge in [0.25, 0.3) is 0 Å². The Kier molecular flexibility index (Phi) is 6.39. The molecule has 160 valence electrons. The molecule has 6 nitrogen and oxygen atoms in total. The van der Waals surface area contributed by atoms with Crippen LogP contribution in [-0.4, -0.2) is 48.7 Å². The topological polar surface area (TPSA) is 59.1 Å².